The number of fused-ring (bicyclic) bond motifs is 6. The zero-order chi connectivity index (χ0) is 44.6. The normalized spacial score (nSPS) is 24.2. The quantitative estimate of drug-likeness (QED) is 0.0690. The highest BCUT2D eigenvalue weighted by molar-refractivity contribution is 6.12. The number of ether oxygens (including phenoxy) is 2. The van der Waals surface area contributed by atoms with Crippen molar-refractivity contribution in [3.05, 3.63) is 83.6 Å². The zero-order valence-electron chi connectivity index (χ0n) is 35.9. The van der Waals surface area contributed by atoms with Crippen LogP contribution in [0, 0.1) is 23.2 Å². The van der Waals surface area contributed by atoms with Crippen molar-refractivity contribution in [2.24, 2.45) is 5.92 Å². The van der Waals surface area contributed by atoms with Gasteiger partial charge in [0.15, 0.2) is 5.65 Å². The van der Waals surface area contributed by atoms with Gasteiger partial charge in [-0.3, -0.25) is 25.1 Å². The van der Waals surface area contributed by atoms with Gasteiger partial charge in [0.1, 0.15) is 29.3 Å². The molecule has 1 saturated carbocycles. The molecule has 15 nitrogen and oxygen atoms in total. The molecular formula is C48H51F2N9O6. The second-order valence-electron chi connectivity index (χ2n) is 17.9. The highest BCUT2D eigenvalue weighted by atomic mass is 19.3. The number of allylic oxidation sites excluding steroid dienone is 1. The molecule has 3 amide bonds. The summed E-state index contributed by atoms with van der Waals surface area (Å²) in [6, 6.07) is 11.9. The molecule has 5 aliphatic rings. The van der Waals surface area contributed by atoms with Gasteiger partial charge in [0.25, 0.3) is 12.3 Å². The fourth-order valence-corrected chi connectivity index (χ4v) is 10.3. The first-order valence-electron chi connectivity index (χ1n) is 22.6. The summed E-state index contributed by atoms with van der Waals surface area (Å²) in [5.74, 6) is 6.08. The van der Waals surface area contributed by atoms with E-state index in [-0.39, 0.29) is 47.4 Å². The minimum Gasteiger partial charge on any atom is -0.464 e. The molecule has 338 valence electrons. The van der Waals surface area contributed by atoms with Gasteiger partial charge in [-0.1, -0.05) is 24.0 Å². The summed E-state index contributed by atoms with van der Waals surface area (Å²) in [6.45, 7) is 4.53. The van der Waals surface area contributed by atoms with Crippen molar-refractivity contribution in [1.82, 2.24) is 35.4 Å². The molecule has 10 rings (SSSR count). The van der Waals surface area contributed by atoms with E-state index in [0.29, 0.717) is 49.0 Å². The summed E-state index contributed by atoms with van der Waals surface area (Å²) in [4.78, 5) is 47.3. The van der Waals surface area contributed by atoms with Gasteiger partial charge in [-0.2, -0.15) is 5.10 Å². The van der Waals surface area contributed by atoms with Gasteiger partial charge in [-0.25, -0.2) is 18.3 Å². The lowest BCUT2D eigenvalue weighted by Gasteiger charge is -2.36. The minimum atomic E-state index is -3.07. The van der Waals surface area contributed by atoms with E-state index in [1.807, 2.05) is 36.4 Å². The van der Waals surface area contributed by atoms with E-state index in [2.05, 4.69) is 42.7 Å². The summed E-state index contributed by atoms with van der Waals surface area (Å²) in [6.07, 6.45) is 10.4. The number of nitrogens with zero attached hydrogens (tertiary/aromatic N) is 5. The van der Waals surface area contributed by atoms with Crippen molar-refractivity contribution in [3.8, 4) is 11.8 Å². The van der Waals surface area contributed by atoms with E-state index >= 15 is 0 Å². The molecule has 3 unspecified atom stereocenters. The molecule has 4 saturated heterocycles. The van der Waals surface area contributed by atoms with Gasteiger partial charge < -0.3 is 34.3 Å². The first-order valence-corrected chi connectivity index (χ1v) is 22.6. The van der Waals surface area contributed by atoms with E-state index in [9.17, 15) is 23.2 Å². The molecule has 17 heteroatoms. The molecule has 65 heavy (non-hydrogen) atoms. The van der Waals surface area contributed by atoms with Crippen molar-refractivity contribution in [3.63, 3.8) is 0 Å². The average molecular weight is 888 g/mol. The Morgan fingerprint density at radius 3 is 2.68 bits per heavy atom. The molecule has 2 aromatic carbocycles. The van der Waals surface area contributed by atoms with Crippen LogP contribution in [0.4, 0.5) is 14.6 Å². The second-order valence-corrected chi connectivity index (χ2v) is 17.9. The number of amides is 3. The van der Waals surface area contributed by atoms with Crippen LogP contribution in [-0.2, 0) is 19.1 Å². The summed E-state index contributed by atoms with van der Waals surface area (Å²) >= 11 is 0. The highest BCUT2D eigenvalue weighted by Crippen LogP contribution is 2.38. The monoisotopic (exact) mass is 887 g/mol. The number of alkyl halides is 2. The van der Waals surface area contributed by atoms with Gasteiger partial charge >= 0.3 is 0 Å². The zero-order valence-corrected chi connectivity index (χ0v) is 35.9. The Labute approximate surface area is 373 Å². The minimum absolute atomic E-state index is 0.0284. The fraction of sp³-hybridized carbons (Fsp3) is 0.458. The predicted octanol–water partition coefficient (Wildman–Crippen LogP) is 5.66. The Morgan fingerprint density at radius 1 is 1.06 bits per heavy atom. The van der Waals surface area contributed by atoms with Gasteiger partial charge in [0.2, 0.25) is 11.8 Å². The maximum absolute atomic E-state index is 13.9. The lowest BCUT2D eigenvalue weighted by molar-refractivity contribution is -0.134. The summed E-state index contributed by atoms with van der Waals surface area (Å²) in [5, 5.41) is 23.4. The third kappa shape index (κ3) is 8.94. The molecule has 1 aliphatic carbocycles. The Balaban J connectivity index is 0.685. The standard InChI is InChI=1S/C48H51F2N9O6/c49-45(50)44(51)39(54-48(62)37-22-53-59-19-16-41(55-46(37)59)58-25-33-21-31(58)26-64-33)23-52-30-8-6-28(7-9-30)24-57-17-14-32(15-18-57)63-20-2-4-29-3-1-5-35-34(29)10-12-40-43(35)38(27-65-40)36-11-13-42(60)56-47(36)61/h1,3,5,10,12,16,19,22-23,27-28,30-33,36,45,51-52H,6-9,11,13-15,17-18,20-21,24-26H2,(H,54,62)(H,56,60,61)/b39-23+,51-44?. The molecule has 5 fully saturated rings. The number of likely N-dealkylation sites (tertiary alicyclic amines) is 1. The predicted molar refractivity (Wildman–Crippen MR) is 238 cm³/mol. The number of hydrogen-bond donors (Lipinski definition) is 4. The van der Waals surface area contributed by atoms with Crippen molar-refractivity contribution in [1.29, 1.82) is 5.41 Å². The van der Waals surface area contributed by atoms with Crippen LogP contribution in [0.25, 0.3) is 27.4 Å². The van der Waals surface area contributed by atoms with Crippen LogP contribution in [-0.4, -0.2) is 113 Å². The van der Waals surface area contributed by atoms with Crippen LogP contribution in [0.5, 0.6) is 0 Å². The van der Waals surface area contributed by atoms with Crippen LogP contribution in [0.15, 0.2) is 71.4 Å². The van der Waals surface area contributed by atoms with Crippen molar-refractivity contribution in [2.45, 2.75) is 94.4 Å². The SMILES string of the molecule is N=C(/C(=C\NC1CCC(CN2CCC(OCC#Cc3cccc4c3ccc3occ(C5CCC(=O)NC5=O)c34)CC2)CC1)NC(=O)c1cnn2ccc(N3CC4CC3CO4)nc12)C(F)F. The summed E-state index contributed by atoms with van der Waals surface area (Å²) < 4.78 is 47.0. The van der Waals surface area contributed by atoms with E-state index in [1.165, 1.54) is 16.9 Å². The molecule has 4 N–H and O–H groups in total. The van der Waals surface area contributed by atoms with Crippen LogP contribution in [0.3, 0.4) is 0 Å². The first-order chi connectivity index (χ1) is 31.6. The smallest absolute Gasteiger partial charge is 0.281 e. The van der Waals surface area contributed by atoms with E-state index in [1.54, 1.807) is 12.5 Å². The maximum atomic E-state index is 13.9. The Morgan fingerprint density at radius 2 is 1.91 bits per heavy atom. The van der Waals surface area contributed by atoms with Gasteiger partial charge in [0.05, 0.1) is 48.9 Å². The van der Waals surface area contributed by atoms with Crippen LogP contribution in [0.1, 0.15) is 85.2 Å². The number of piperidine rings is 2. The number of hydrogen-bond acceptors (Lipinski definition) is 12. The maximum Gasteiger partial charge on any atom is 0.281 e. The number of aromatic nitrogens is 3. The van der Waals surface area contributed by atoms with Gasteiger partial charge in [0, 0.05) is 67.6 Å². The van der Waals surface area contributed by atoms with Crippen LogP contribution < -0.4 is 20.9 Å². The van der Waals surface area contributed by atoms with E-state index in [4.69, 9.17) is 24.3 Å². The van der Waals surface area contributed by atoms with E-state index in [0.717, 1.165) is 98.4 Å². The highest BCUT2D eigenvalue weighted by Gasteiger charge is 2.40. The number of nitrogens with one attached hydrogen (secondary N) is 4. The number of rotatable bonds is 12. The fourth-order valence-electron chi connectivity index (χ4n) is 10.3. The topological polar surface area (TPSA) is 179 Å². The number of carbonyl (C=O) groups is 3. The largest absolute Gasteiger partial charge is 0.464 e. The Bertz CT molecular complexity index is 2740. The number of halogens is 2. The number of furan rings is 1. The lowest BCUT2D eigenvalue weighted by Crippen LogP contribution is -2.41. The molecular weight excluding hydrogens is 837 g/mol. The van der Waals surface area contributed by atoms with Crippen molar-refractivity contribution >= 4 is 56.6 Å². The summed E-state index contributed by atoms with van der Waals surface area (Å²) in [7, 11) is 0. The van der Waals surface area contributed by atoms with Crippen LogP contribution in [0.2, 0.25) is 0 Å². The molecule has 3 atom stereocenters. The molecule has 4 aliphatic heterocycles. The van der Waals surface area contributed by atoms with Crippen molar-refractivity contribution in [2.75, 3.05) is 44.3 Å². The first kappa shape index (κ1) is 42.7. The second kappa shape index (κ2) is 18.3. The number of benzene rings is 2. The van der Waals surface area contributed by atoms with Gasteiger partial charge in [-0.15, -0.1) is 0 Å². The number of morpholine rings is 1. The molecule has 0 radical (unpaired) electrons. The average Bonchev–Trinajstić information content (AvgIpc) is 4.15. The Kier molecular flexibility index (Phi) is 12.1. The molecule has 2 bridgehead atoms. The number of anilines is 1. The van der Waals surface area contributed by atoms with Crippen LogP contribution >= 0.6 is 0 Å². The van der Waals surface area contributed by atoms with Gasteiger partial charge in [-0.05, 0) is 92.3 Å². The number of imide groups is 1. The third-order valence-electron chi connectivity index (χ3n) is 13.8. The van der Waals surface area contributed by atoms with E-state index < -0.39 is 24.0 Å². The van der Waals surface area contributed by atoms with Crippen molar-refractivity contribution < 1.29 is 37.1 Å². The molecule has 5 aromatic rings. The molecule has 3 aromatic heterocycles. The molecule has 7 heterocycles. The summed E-state index contributed by atoms with van der Waals surface area (Å²) in [5.41, 5.74) is 1.53. The Hall–Kier alpha value is -6.22. The molecule has 0 spiro atoms. The third-order valence-corrected chi connectivity index (χ3v) is 13.8. The number of carbonyl (C=O) groups excluding carboxylic acids is 3. The lowest BCUT2D eigenvalue weighted by atomic mass is 9.85.